The zero-order valence-corrected chi connectivity index (χ0v) is 47.2. The number of benzene rings is 6. The standard InChI is InChI=1S/C67H75F3N4O/c1-41-30-50(73-56-29-28-47(61(4,5)6)36-54(56)64(13,14)55-32-42(2)40-71-60(55)73)39-51(31-41)75-52-34-46(33-48(35-52)62(7,8)9)59-72-65(15,16)66(17,58(44-24-20-18-21-25-44)45-26-22-19-23-27-45)74(59)57-38-49(67(68,69)70)37-53(43(57)3)63(10,11)12/h18-40,58H,1-17H3/t66-/m0/s1. The van der Waals surface area contributed by atoms with E-state index in [-0.39, 0.29) is 22.2 Å². The molecule has 0 N–H and O–H groups in total. The Labute approximate surface area is 444 Å². The number of anilines is 4. The van der Waals surface area contributed by atoms with Gasteiger partial charge in [0.05, 0.1) is 28.0 Å². The molecule has 0 fully saturated rings. The van der Waals surface area contributed by atoms with Crippen molar-refractivity contribution in [3.05, 3.63) is 206 Å². The van der Waals surface area contributed by atoms with E-state index in [1.54, 1.807) is 0 Å². The van der Waals surface area contributed by atoms with E-state index < -0.39 is 28.2 Å². The van der Waals surface area contributed by atoms with Gasteiger partial charge in [-0.2, -0.15) is 13.2 Å². The van der Waals surface area contributed by atoms with E-state index in [0.717, 1.165) is 61.7 Å². The van der Waals surface area contributed by atoms with E-state index in [1.165, 1.54) is 23.3 Å². The number of nitrogens with zero attached hydrogens (tertiary/aromatic N) is 4. The van der Waals surface area contributed by atoms with Crippen LogP contribution in [0.5, 0.6) is 11.5 Å². The van der Waals surface area contributed by atoms with Gasteiger partial charge in [0.1, 0.15) is 23.2 Å². The van der Waals surface area contributed by atoms with Crippen LogP contribution in [0.15, 0.2) is 145 Å². The van der Waals surface area contributed by atoms with Gasteiger partial charge in [0.15, 0.2) is 0 Å². The van der Waals surface area contributed by atoms with E-state index in [4.69, 9.17) is 14.7 Å². The molecule has 7 aromatic rings. The highest BCUT2D eigenvalue weighted by Gasteiger charge is 2.59. The van der Waals surface area contributed by atoms with E-state index in [1.807, 2.05) is 76.4 Å². The Hall–Kier alpha value is -6.67. The minimum absolute atomic E-state index is 0.0475. The van der Waals surface area contributed by atoms with Crippen LogP contribution in [0, 0.1) is 20.8 Å². The van der Waals surface area contributed by atoms with Crippen LogP contribution in [0.2, 0.25) is 0 Å². The molecule has 2 aliphatic rings. The summed E-state index contributed by atoms with van der Waals surface area (Å²) < 4.78 is 53.4. The summed E-state index contributed by atoms with van der Waals surface area (Å²) >= 11 is 0. The first-order valence-electron chi connectivity index (χ1n) is 26.4. The summed E-state index contributed by atoms with van der Waals surface area (Å²) in [6.07, 6.45) is -2.67. The highest BCUT2D eigenvalue weighted by atomic mass is 19.4. The Morgan fingerprint density at radius 2 is 1.15 bits per heavy atom. The van der Waals surface area contributed by atoms with Crippen LogP contribution in [0.1, 0.15) is 170 Å². The Bertz CT molecular complexity index is 3310. The van der Waals surface area contributed by atoms with Crippen LogP contribution >= 0.6 is 0 Å². The first-order chi connectivity index (χ1) is 34.8. The lowest BCUT2D eigenvalue weighted by Gasteiger charge is -2.50. The van der Waals surface area contributed by atoms with Gasteiger partial charge in [0, 0.05) is 40.4 Å². The van der Waals surface area contributed by atoms with Crippen molar-refractivity contribution in [2.75, 3.05) is 9.80 Å². The molecular weight excluding hydrogens is 934 g/mol. The number of pyridine rings is 1. The normalized spacial score (nSPS) is 17.5. The summed E-state index contributed by atoms with van der Waals surface area (Å²) in [7, 11) is 0. The number of aryl methyl sites for hydroxylation is 2. The van der Waals surface area contributed by atoms with Gasteiger partial charge >= 0.3 is 6.18 Å². The Morgan fingerprint density at radius 3 is 1.72 bits per heavy atom. The fourth-order valence-corrected chi connectivity index (χ4v) is 11.7. The van der Waals surface area contributed by atoms with Crippen molar-refractivity contribution in [1.29, 1.82) is 0 Å². The molecule has 0 aliphatic carbocycles. The molecule has 6 aromatic carbocycles. The van der Waals surface area contributed by atoms with Crippen molar-refractivity contribution in [2.45, 2.75) is 163 Å². The van der Waals surface area contributed by atoms with Gasteiger partial charge in [-0.05, 0) is 162 Å². The molecule has 3 heterocycles. The van der Waals surface area contributed by atoms with Crippen LogP contribution in [-0.4, -0.2) is 21.9 Å². The van der Waals surface area contributed by atoms with Gasteiger partial charge in [0.25, 0.3) is 0 Å². The van der Waals surface area contributed by atoms with Crippen LogP contribution in [0.3, 0.4) is 0 Å². The highest BCUT2D eigenvalue weighted by molar-refractivity contribution is 6.14. The molecule has 0 spiro atoms. The predicted molar refractivity (Wildman–Crippen MR) is 306 cm³/mol. The predicted octanol–water partition coefficient (Wildman–Crippen LogP) is 18.5. The molecule has 75 heavy (non-hydrogen) atoms. The Balaban J connectivity index is 1.26. The monoisotopic (exact) mass is 1010 g/mol. The van der Waals surface area contributed by atoms with Crippen LogP contribution in [-0.2, 0) is 27.8 Å². The number of aromatic nitrogens is 1. The van der Waals surface area contributed by atoms with Gasteiger partial charge in [-0.25, -0.2) is 4.98 Å². The first kappa shape index (κ1) is 53.2. The number of hydrogen-bond acceptors (Lipinski definition) is 5. The van der Waals surface area contributed by atoms with Crippen LogP contribution in [0.25, 0.3) is 0 Å². The lowest BCUT2D eigenvalue weighted by atomic mass is 9.66. The molecule has 0 amide bonds. The summed E-state index contributed by atoms with van der Waals surface area (Å²) in [4.78, 5) is 15.3. The number of rotatable bonds is 8. The van der Waals surface area contributed by atoms with Crippen molar-refractivity contribution < 1.29 is 17.9 Å². The van der Waals surface area contributed by atoms with Crippen molar-refractivity contribution in [3.63, 3.8) is 0 Å². The fraction of sp³-hybridized carbons (Fsp3) is 0.373. The van der Waals surface area contributed by atoms with Crippen molar-refractivity contribution in [1.82, 2.24) is 4.98 Å². The Morgan fingerprint density at radius 1 is 0.547 bits per heavy atom. The van der Waals surface area contributed by atoms with Gasteiger partial charge < -0.3 is 9.64 Å². The molecule has 1 aromatic heterocycles. The number of fused-ring (bicyclic) bond motifs is 2. The summed E-state index contributed by atoms with van der Waals surface area (Å²) in [5, 5.41) is 0. The number of ether oxygens (including phenoxy) is 1. The van der Waals surface area contributed by atoms with Gasteiger partial charge in [-0.3, -0.25) is 9.89 Å². The van der Waals surface area contributed by atoms with Crippen molar-refractivity contribution in [3.8, 4) is 11.5 Å². The molecule has 0 saturated heterocycles. The van der Waals surface area contributed by atoms with E-state index in [0.29, 0.717) is 28.6 Å². The van der Waals surface area contributed by atoms with Crippen molar-refractivity contribution in [2.24, 2.45) is 4.99 Å². The Kier molecular flexibility index (Phi) is 13.0. The molecule has 0 bridgehead atoms. The molecule has 5 nitrogen and oxygen atoms in total. The van der Waals surface area contributed by atoms with Gasteiger partial charge in [-0.1, -0.05) is 149 Å². The average molecular weight is 1010 g/mol. The fourth-order valence-electron chi connectivity index (χ4n) is 11.7. The van der Waals surface area contributed by atoms with Crippen molar-refractivity contribution >= 4 is 28.7 Å². The molecule has 0 saturated carbocycles. The first-order valence-corrected chi connectivity index (χ1v) is 26.4. The van der Waals surface area contributed by atoms with Gasteiger partial charge in [-0.15, -0.1) is 0 Å². The number of halogens is 3. The van der Waals surface area contributed by atoms with E-state index in [2.05, 4.69) is 179 Å². The summed E-state index contributed by atoms with van der Waals surface area (Å²) in [5.74, 6) is 2.34. The van der Waals surface area contributed by atoms with Crippen LogP contribution in [0.4, 0.5) is 36.1 Å². The minimum atomic E-state index is -4.61. The molecule has 2 aliphatic heterocycles. The lowest BCUT2D eigenvalue weighted by molar-refractivity contribution is -0.137. The SMILES string of the molecule is Cc1cc(Oc2cc(C3=NC(C)(C)[C@](C)(C(c4ccccc4)c4ccccc4)N3c3cc(C(F)(F)F)cc(C(C)(C)C)c3C)cc(C(C)(C)C)c2)cc(N2c3ccc(C(C)(C)C)cc3C(C)(C)c3cc(C)cnc32)c1. The molecule has 0 radical (unpaired) electrons. The smallest absolute Gasteiger partial charge is 0.416 e. The maximum atomic E-state index is 15.4. The molecule has 1 atom stereocenters. The maximum Gasteiger partial charge on any atom is 0.416 e. The van der Waals surface area contributed by atoms with Crippen LogP contribution < -0.4 is 14.5 Å². The third-order valence-electron chi connectivity index (χ3n) is 16.1. The zero-order valence-electron chi connectivity index (χ0n) is 47.2. The van der Waals surface area contributed by atoms with E-state index in [9.17, 15) is 0 Å². The molecular formula is C67H75F3N4O. The highest BCUT2D eigenvalue weighted by Crippen LogP contribution is 2.56. The topological polar surface area (TPSA) is 41.0 Å². The molecule has 8 heteroatoms. The quantitative estimate of drug-likeness (QED) is 0.152. The third-order valence-corrected chi connectivity index (χ3v) is 16.1. The number of amidine groups is 1. The van der Waals surface area contributed by atoms with E-state index >= 15 is 13.2 Å². The molecule has 0 unspecified atom stereocenters. The molecule has 390 valence electrons. The second kappa shape index (κ2) is 18.3. The number of aliphatic imine (C=N–C) groups is 1. The number of hydrogen-bond donors (Lipinski definition) is 0. The second-order valence-electron chi connectivity index (χ2n) is 25.6. The lowest BCUT2D eigenvalue weighted by Crippen LogP contribution is -2.60. The maximum absolute atomic E-state index is 15.4. The third kappa shape index (κ3) is 9.57. The number of alkyl halides is 3. The minimum Gasteiger partial charge on any atom is -0.457 e. The molecule has 9 rings (SSSR count). The largest absolute Gasteiger partial charge is 0.457 e. The van der Waals surface area contributed by atoms with Gasteiger partial charge in [0.2, 0.25) is 0 Å². The average Bonchev–Trinajstić information content (AvgIpc) is 3.52. The zero-order chi connectivity index (χ0) is 54.6. The second-order valence-corrected chi connectivity index (χ2v) is 25.6. The summed E-state index contributed by atoms with van der Waals surface area (Å²) in [5.41, 5.74) is 9.52. The summed E-state index contributed by atoms with van der Waals surface area (Å²) in [6, 6.07) is 45.0. The summed E-state index contributed by atoms with van der Waals surface area (Å²) in [6.45, 7) is 36.4.